The van der Waals surface area contributed by atoms with Gasteiger partial charge in [0, 0.05) is 31.9 Å². The molecule has 0 amide bonds. The SMILES string of the molecule is Clc1nc(N2CCCCC2)nc(N2CCCSCC2)n1. The average molecular weight is 314 g/mol. The molecule has 7 heteroatoms. The van der Waals surface area contributed by atoms with Crippen molar-refractivity contribution in [3.63, 3.8) is 0 Å². The van der Waals surface area contributed by atoms with Crippen LogP contribution in [-0.4, -0.2) is 52.6 Å². The first kappa shape index (κ1) is 14.2. The summed E-state index contributed by atoms with van der Waals surface area (Å²) in [5.74, 6) is 3.83. The summed E-state index contributed by atoms with van der Waals surface area (Å²) in [4.78, 5) is 17.8. The number of rotatable bonds is 2. The minimum absolute atomic E-state index is 0.312. The number of piperidine rings is 1. The van der Waals surface area contributed by atoms with Crippen LogP contribution in [0.5, 0.6) is 0 Å². The highest BCUT2D eigenvalue weighted by atomic mass is 35.5. The number of nitrogens with zero attached hydrogens (tertiary/aromatic N) is 5. The van der Waals surface area contributed by atoms with Crippen LogP contribution in [0.25, 0.3) is 0 Å². The highest BCUT2D eigenvalue weighted by Crippen LogP contribution is 2.21. The van der Waals surface area contributed by atoms with Crippen LogP contribution in [-0.2, 0) is 0 Å². The van der Waals surface area contributed by atoms with Gasteiger partial charge in [0.2, 0.25) is 17.2 Å². The summed E-state index contributed by atoms with van der Waals surface area (Å²) >= 11 is 8.10. The monoisotopic (exact) mass is 313 g/mol. The van der Waals surface area contributed by atoms with Crippen molar-refractivity contribution in [1.29, 1.82) is 0 Å². The van der Waals surface area contributed by atoms with Gasteiger partial charge in [0.05, 0.1) is 0 Å². The lowest BCUT2D eigenvalue weighted by Crippen LogP contribution is -2.33. The van der Waals surface area contributed by atoms with Gasteiger partial charge >= 0.3 is 0 Å². The van der Waals surface area contributed by atoms with Crippen molar-refractivity contribution in [1.82, 2.24) is 15.0 Å². The molecule has 0 bridgehead atoms. The third-order valence-electron chi connectivity index (χ3n) is 3.73. The minimum atomic E-state index is 0.312. The molecular weight excluding hydrogens is 294 g/mol. The van der Waals surface area contributed by atoms with Gasteiger partial charge in [0.15, 0.2) is 0 Å². The molecule has 3 rings (SSSR count). The first-order valence-electron chi connectivity index (χ1n) is 7.32. The van der Waals surface area contributed by atoms with Crippen LogP contribution < -0.4 is 9.80 Å². The van der Waals surface area contributed by atoms with Gasteiger partial charge in [-0.2, -0.15) is 26.7 Å². The third kappa shape index (κ3) is 3.47. The van der Waals surface area contributed by atoms with Gasteiger partial charge in [-0.25, -0.2) is 0 Å². The molecule has 2 fully saturated rings. The van der Waals surface area contributed by atoms with Gasteiger partial charge in [0.25, 0.3) is 0 Å². The molecule has 0 N–H and O–H groups in total. The second kappa shape index (κ2) is 6.80. The van der Waals surface area contributed by atoms with Gasteiger partial charge in [-0.1, -0.05) is 0 Å². The second-order valence-electron chi connectivity index (χ2n) is 5.21. The third-order valence-corrected chi connectivity index (χ3v) is 4.95. The maximum absolute atomic E-state index is 6.11. The predicted octanol–water partition coefficient (Wildman–Crippen LogP) is 2.46. The second-order valence-corrected chi connectivity index (χ2v) is 6.77. The van der Waals surface area contributed by atoms with Crippen LogP contribution in [0.3, 0.4) is 0 Å². The maximum Gasteiger partial charge on any atom is 0.231 e. The van der Waals surface area contributed by atoms with E-state index in [1.54, 1.807) is 0 Å². The van der Waals surface area contributed by atoms with Gasteiger partial charge < -0.3 is 9.80 Å². The van der Waals surface area contributed by atoms with Gasteiger partial charge in [-0.15, -0.1) is 0 Å². The topological polar surface area (TPSA) is 45.2 Å². The summed E-state index contributed by atoms with van der Waals surface area (Å²) in [6, 6.07) is 0. The Hall–Kier alpha value is -0.750. The van der Waals surface area contributed by atoms with Crippen LogP contribution in [0.4, 0.5) is 11.9 Å². The molecule has 2 aliphatic rings. The smallest absolute Gasteiger partial charge is 0.231 e. The molecule has 20 heavy (non-hydrogen) atoms. The summed E-state index contributed by atoms with van der Waals surface area (Å²) < 4.78 is 0. The van der Waals surface area contributed by atoms with Crippen molar-refractivity contribution in [2.24, 2.45) is 0 Å². The van der Waals surface area contributed by atoms with E-state index in [-0.39, 0.29) is 0 Å². The van der Waals surface area contributed by atoms with E-state index in [4.69, 9.17) is 11.6 Å². The lowest BCUT2D eigenvalue weighted by Gasteiger charge is -2.28. The van der Waals surface area contributed by atoms with E-state index in [2.05, 4.69) is 24.8 Å². The standard InChI is InChI=1S/C13H20ClN5S/c14-11-15-12(18-5-2-1-3-6-18)17-13(16-11)19-7-4-9-20-10-8-19/h1-10H2. The lowest BCUT2D eigenvalue weighted by atomic mass is 10.1. The van der Waals surface area contributed by atoms with Crippen LogP contribution >= 0.6 is 23.4 Å². The molecule has 0 atom stereocenters. The first-order valence-corrected chi connectivity index (χ1v) is 8.85. The predicted molar refractivity (Wildman–Crippen MR) is 85.1 cm³/mol. The fraction of sp³-hybridized carbons (Fsp3) is 0.769. The van der Waals surface area contributed by atoms with Gasteiger partial charge in [0.1, 0.15) is 0 Å². The number of anilines is 2. The molecule has 5 nitrogen and oxygen atoms in total. The quantitative estimate of drug-likeness (QED) is 0.836. The summed E-state index contributed by atoms with van der Waals surface area (Å²) in [6.07, 6.45) is 4.89. The van der Waals surface area contributed by atoms with Crippen molar-refractivity contribution in [2.45, 2.75) is 25.7 Å². The molecule has 2 aliphatic heterocycles. The molecule has 1 aromatic heterocycles. The molecule has 1 aromatic rings. The summed E-state index contributed by atoms with van der Waals surface area (Å²) in [6.45, 7) is 4.04. The fourth-order valence-electron chi connectivity index (χ4n) is 2.65. The maximum atomic E-state index is 6.11. The molecule has 0 unspecified atom stereocenters. The van der Waals surface area contributed by atoms with E-state index in [1.165, 1.54) is 31.4 Å². The summed E-state index contributed by atoms with van der Waals surface area (Å²) in [7, 11) is 0. The lowest BCUT2D eigenvalue weighted by molar-refractivity contribution is 0.566. The number of aromatic nitrogens is 3. The molecule has 0 saturated carbocycles. The van der Waals surface area contributed by atoms with E-state index < -0.39 is 0 Å². The molecule has 0 spiro atoms. The fourth-order valence-corrected chi connectivity index (χ4v) is 3.69. The van der Waals surface area contributed by atoms with Crippen molar-refractivity contribution in [3.8, 4) is 0 Å². The van der Waals surface area contributed by atoms with Gasteiger partial charge in [-0.3, -0.25) is 0 Å². The molecule has 0 radical (unpaired) electrons. The van der Waals surface area contributed by atoms with E-state index in [0.717, 1.165) is 43.8 Å². The van der Waals surface area contributed by atoms with Gasteiger partial charge in [-0.05, 0) is 43.0 Å². The number of thioether (sulfide) groups is 1. The Kier molecular flexibility index (Phi) is 4.83. The Morgan fingerprint density at radius 1 is 0.750 bits per heavy atom. The van der Waals surface area contributed by atoms with Crippen LogP contribution in [0.15, 0.2) is 0 Å². The first-order chi connectivity index (χ1) is 9.83. The van der Waals surface area contributed by atoms with E-state index in [1.807, 2.05) is 11.8 Å². The van der Waals surface area contributed by atoms with Crippen LogP contribution in [0.2, 0.25) is 5.28 Å². The summed E-state index contributed by atoms with van der Waals surface area (Å²) in [5.41, 5.74) is 0. The van der Waals surface area contributed by atoms with Crippen LogP contribution in [0, 0.1) is 0 Å². The molecule has 0 aliphatic carbocycles. The Morgan fingerprint density at radius 3 is 2.15 bits per heavy atom. The molecule has 110 valence electrons. The highest BCUT2D eigenvalue weighted by Gasteiger charge is 2.19. The Bertz CT molecular complexity index is 444. The Morgan fingerprint density at radius 2 is 1.40 bits per heavy atom. The zero-order valence-electron chi connectivity index (χ0n) is 11.6. The highest BCUT2D eigenvalue weighted by molar-refractivity contribution is 7.99. The van der Waals surface area contributed by atoms with Crippen molar-refractivity contribution in [3.05, 3.63) is 5.28 Å². The van der Waals surface area contributed by atoms with Crippen LogP contribution in [0.1, 0.15) is 25.7 Å². The van der Waals surface area contributed by atoms with E-state index in [9.17, 15) is 0 Å². The number of hydrogen-bond acceptors (Lipinski definition) is 6. The molecule has 2 saturated heterocycles. The molecular formula is C13H20ClN5S. The summed E-state index contributed by atoms with van der Waals surface area (Å²) in [5, 5.41) is 0.312. The van der Waals surface area contributed by atoms with E-state index in [0.29, 0.717) is 5.28 Å². The van der Waals surface area contributed by atoms with E-state index >= 15 is 0 Å². The number of hydrogen-bond donors (Lipinski definition) is 0. The van der Waals surface area contributed by atoms with Crippen molar-refractivity contribution in [2.75, 3.05) is 47.5 Å². The largest absolute Gasteiger partial charge is 0.341 e. The zero-order chi connectivity index (χ0) is 13.8. The van der Waals surface area contributed by atoms with Crippen molar-refractivity contribution >= 4 is 35.3 Å². The Labute approximate surface area is 129 Å². The average Bonchev–Trinajstić information content (AvgIpc) is 2.77. The molecule has 3 heterocycles. The Balaban J connectivity index is 1.81. The zero-order valence-corrected chi connectivity index (χ0v) is 13.2. The molecule has 0 aromatic carbocycles. The number of halogens is 1. The normalized spacial score (nSPS) is 20.9. The van der Waals surface area contributed by atoms with Crippen molar-refractivity contribution < 1.29 is 0 Å². The minimum Gasteiger partial charge on any atom is -0.341 e.